The van der Waals surface area contributed by atoms with E-state index in [4.69, 9.17) is 4.74 Å². The number of ether oxygens (including phenoxy) is 1. The number of nitrogens with one attached hydrogen (secondary N) is 1. The van der Waals surface area contributed by atoms with Gasteiger partial charge in [0, 0.05) is 18.8 Å². The van der Waals surface area contributed by atoms with Crippen LogP contribution in [0.1, 0.15) is 18.3 Å². The molecule has 2 aromatic rings. The van der Waals surface area contributed by atoms with Crippen LogP contribution in [0.2, 0.25) is 0 Å². The van der Waals surface area contributed by atoms with E-state index in [-0.39, 0.29) is 0 Å². The van der Waals surface area contributed by atoms with Crippen LogP contribution >= 0.6 is 0 Å². The van der Waals surface area contributed by atoms with E-state index in [0.717, 1.165) is 29.4 Å². The van der Waals surface area contributed by atoms with Gasteiger partial charge >= 0.3 is 0 Å². The Morgan fingerprint density at radius 1 is 1.33 bits per heavy atom. The molecular weight excluding hydrogens is 226 g/mol. The Morgan fingerprint density at radius 2 is 2.17 bits per heavy atom. The van der Waals surface area contributed by atoms with E-state index in [9.17, 15) is 0 Å². The maximum Gasteiger partial charge on any atom is 0.121 e. The SMILES string of the molecule is CCOc1cccc(NCc2cc(C)nn2C)c1. The van der Waals surface area contributed by atoms with Gasteiger partial charge in [0.2, 0.25) is 0 Å². The van der Waals surface area contributed by atoms with Gasteiger partial charge in [0.05, 0.1) is 24.5 Å². The summed E-state index contributed by atoms with van der Waals surface area (Å²) in [6, 6.07) is 10.1. The summed E-state index contributed by atoms with van der Waals surface area (Å²) in [5.74, 6) is 0.892. The largest absolute Gasteiger partial charge is 0.494 e. The minimum atomic E-state index is 0.685. The third-order valence-electron chi connectivity index (χ3n) is 2.72. The Morgan fingerprint density at radius 3 is 2.83 bits per heavy atom. The molecular formula is C14H19N3O. The lowest BCUT2D eigenvalue weighted by atomic mass is 10.3. The molecule has 0 radical (unpaired) electrons. The highest BCUT2D eigenvalue weighted by Gasteiger charge is 2.02. The van der Waals surface area contributed by atoms with Gasteiger partial charge in [-0.3, -0.25) is 4.68 Å². The second-order valence-electron chi connectivity index (χ2n) is 4.22. The highest BCUT2D eigenvalue weighted by atomic mass is 16.5. The molecule has 96 valence electrons. The van der Waals surface area contributed by atoms with Crippen molar-refractivity contribution in [2.24, 2.45) is 7.05 Å². The summed E-state index contributed by atoms with van der Waals surface area (Å²) < 4.78 is 7.37. The molecule has 18 heavy (non-hydrogen) atoms. The lowest BCUT2D eigenvalue weighted by Gasteiger charge is -2.09. The van der Waals surface area contributed by atoms with Crippen molar-refractivity contribution in [1.82, 2.24) is 9.78 Å². The van der Waals surface area contributed by atoms with Crippen molar-refractivity contribution in [3.63, 3.8) is 0 Å². The Labute approximate surface area is 108 Å². The second kappa shape index (κ2) is 5.58. The molecule has 2 rings (SSSR count). The molecule has 0 saturated carbocycles. The molecule has 1 aromatic carbocycles. The smallest absolute Gasteiger partial charge is 0.121 e. The number of rotatable bonds is 5. The van der Waals surface area contributed by atoms with Crippen LogP contribution in [0.3, 0.4) is 0 Å². The summed E-state index contributed by atoms with van der Waals surface area (Å²) in [5.41, 5.74) is 3.26. The highest BCUT2D eigenvalue weighted by molar-refractivity contribution is 5.48. The first-order valence-electron chi connectivity index (χ1n) is 6.15. The maximum atomic E-state index is 5.47. The molecule has 1 heterocycles. The molecule has 0 bridgehead atoms. The van der Waals surface area contributed by atoms with Gasteiger partial charge in [-0.05, 0) is 32.0 Å². The molecule has 1 aromatic heterocycles. The molecule has 0 fully saturated rings. The van der Waals surface area contributed by atoms with E-state index in [1.165, 1.54) is 0 Å². The Hall–Kier alpha value is -1.97. The van der Waals surface area contributed by atoms with Gasteiger partial charge in [-0.1, -0.05) is 6.07 Å². The van der Waals surface area contributed by atoms with E-state index in [1.54, 1.807) is 0 Å². The summed E-state index contributed by atoms with van der Waals surface area (Å²) in [6.07, 6.45) is 0. The van der Waals surface area contributed by atoms with Crippen LogP contribution in [-0.4, -0.2) is 16.4 Å². The Kier molecular flexibility index (Phi) is 3.87. The van der Waals surface area contributed by atoms with Crippen LogP contribution in [0, 0.1) is 6.92 Å². The molecule has 0 aliphatic heterocycles. The molecule has 0 aliphatic rings. The molecule has 0 atom stereocenters. The minimum absolute atomic E-state index is 0.685. The monoisotopic (exact) mass is 245 g/mol. The molecule has 0 saturated heterocycles. The van der Waals surface area contributed by atoms with Gasteiger partial charge in [0.15, 0.2) is 0 Å². The van der Waals surface area contributed by atoms with Crippen LogP contribution in [0.4, 0.5) is 5.69 Å². The first kappa shape index (κ1) is 12.5. The van der Waals surface area contributed by atoms with E-state index < -0.39 is 0 Å². The van der Waals surface area contributed by atoms with Crippen LogP contribution in [0.25, 0.3) is 0 Å². The van der Waals surface area contributed by atoms with Gasteiger partial charge in [0.25, 0.3) is 0 Å². The van der Waals surface area contributed by atoms with E-state index in [1.807, 2.05) is 49.8 Å². The van der Waals surface area contributed by atoms with Crippen molar-refractivity contribution in [3.05, 3.63) is 41.7 Å². The van der Waals surface area contributed by atoms with Gasteiger partial charge < -0.3 is 10.1 Å². The van der Waals surface area contributed by atoms with Crippen LogP contribution in [0.15, 0.2) is 30.3 Å². The predicted molar refractivity (Wildman–Crippen MR) is 72.9 cm³/mol. The molecule has 1 N–H and O–H groups in total. The summed E-state index contributed by atoms with van der Waals surface area (Å²) in [6.45, 7) is 5.43. The molecule has 0 amide bonds. The third kappa shape index (κ3) is 3.03. The fourth-order valence-electron chi connectivity index (χ4n) is 1.88. The fraction of sp³-hybridized carbons (Fsp3) is 0.357. The molecule has 0 aliphatic carbocycles. The van der Waals surface area contributed by atoms with Crippen molar-refractivity contribution < 1.29 is 4.74 Å². The zero-order valence-corrected chi connectivity index (χ0v) is 11.1. The topological polar surface area (TPSA) is 39.1 Å². The van der Waals surface area contributed by atoms with Crippen LogP contribution in [-0.2, 0) is 13.6 Å². The van der Waals surface area contributed by atoms with Crippen molar-refractivity contribution >= 4 is 5.69 Å². The molecule has 0 spiro atoms. The summed E-state index contributed by atoms with van der Waals surface area (Å²) in [7, 11) is 1.96. The summed E-state index contributed by atoms with van der Waals surface area (Å²) in [5, 5.41) is 7.70. The zero-order valence-electron chi connectivity index (χ0n) is 11.1. The van der Waals surface area contributed by atoms with Gasteiger partial charge in [-0.25, -0.2) is 0 Å². The fourth-order valence-corrected chi connectivity index (χ4v) is 1.88. The van der Waals surface area contributed by atoms with Crippen molar-refractivity contribution in [2.45, 2.75) is 20.4 Å². The number of hydrogen-bond donors (Lipinski definition) is 1. The first-order valence-corrected chi connectivity index (χ1v) is 6.15. The summed E-state index contributed by atoms with van der Waals surface area (Å²) >= 11 is 0. The molecule has 4 nitrogen and oxygen atoms in total. The van der Waals surface area contributed by atoms with Crippen LogP contribution < -0.4 is 10.1 Å². The zero-order chi connectivity index (χ0) is 13.0. The highest BCUT2D eigenvalue weighted by Crippen LogP contribution is 2.18. The lowest BCUT2D eigenvalue weighted by molar-refractivity contribution is 0.340. The molecule has 4 heteroatoms. The standard InChI is InChI=1S/C14H19N3O/c1-4-18-14-7-5-6-12(9-14)15-10-13-8-11(2)16-17(13)3/h5-9,15H,4,10H2,1-3H3. The average Bonchev–Trinajstić information content (AvgIpc) is 2.66. The second-order valence-corrected chi connectivity index (χ2v) is 4.22. The van der Waals surface area contributed by atoms with E-state index in [0.29, 0.717) is 6.61 Å². The van der Waals surface area contributed by atoms with Crippen molar-refractivity contribution in [1.29, 1.82) is 0 Å². The average molecular weight is 245 g/mol. The number of nitrogens with zero attached hydrogens (tertiary/aromatic N) is 2. The third-order valence-corrected chi connectivity index (χ3v) is 2.72. The van der Waals surface area contributed by atoms with Crippen LogP contribution in [0.5, 0.6) is 5.75 Å². The van der Waals surface area contributed by atoms with Crippen molar-refractivity contribution in [3.8, 4) is 5.75 Å². The molecule has 0 unspecified atom stereocenters. The normalized spacial score (nSPS) is 10.4. The maximum absolute atomic E-state index is 5.47. The quantitative estimate of drug-likeness (QED) is 0.880. The van der Waals surface area contributed by atoms with Gasteiger partial charge in [0.1, 0.15) is 5.75 Å². The predicted octanol–water partition coefficient (Wildman–Crippen LogP) is 2.74. The van der Waals surface area contributed by atoms with Crippen molar-refractivity contribution in [2.75, 3.05) is 11.9 Å². The lowest BCUT2D eigenvalue weighted by Crippen LogP contribution is -2.05. The number of aromatic nitrogens is 2. The first-order chi connectivity index (χ1) is 8.69. The van der Waals surface area contributed by atoms with Gasteiger partial charge in [-0.15, -0.1) is 0 Å². The number of anilines is 1. The number of benzene rings is 1. The van der Waals surface area contributed by atoms with E-state index in [2.05, 4.69) is 16.5 Å². The van der Waals surface area contributed by atoms with E-state index >= 15 is 0 Å². The Bertz CT molecular complexity index is 520. The number of aryl methyl sites for hydroxylation is 2. The summed E-state index contributed by atoms with van der Waals surface area (Å²) in [4.78, 5) is 0. The van der Waals surface area contributed by atoms with Gasteiger partial charge in [-0.2, -0.15) is 5.10 Å². The Balaban J connectivity index is 2.01. The number of hydrogen-bond acceptors (Lipinski definition) is 3. The minimum Gasteiger partial charge on any atom is -0.494 e.